The number of benzene rings is 1. The van der Waals surface area contributed by atoms with Crippen LogP contribution >= 0.6 is 0 Å². The van der Waals surface area contributed by atoms with Crippen LogP contribution in [0.4, 0.5) is 0 Å². The molecule has 0 saturated heterocycles. The van der Waals surface area contributed by atoms with Crippen molar-refractivity contribution in [2.75, 3.05) is 6.61 Å². The first-order valence-corrected chi connectivity index (χ1v) is 8.12. The SMILES string of the molecule is O=C(O)C(Cc1ccc(OCCn2ccc3cccnc32)cc1)C(=O)O. The van der Waals surface area contributed by atoms with Crippen molar-refractivity contribution in [2.24, 2.45) is 5.92 Å². The molecule has 2 heterocycles. The van der Waals surface area contributed by atoms with Crippen LogP contribution < -0.4 is 4.74 Å². The summed E-state index contributed by atoms with van der Waals surface area (Å²) in [5, 5.41) is 18.9. The summed E-state index contributed by atoms with van der Waals surface area (Å²) < 4.78 is 7.71. The van der Waals surface area contributed by atoms with Crippen molar-refractivity contribution in [2.45, 2.75) is 13.0 Å². The van der Waals surface area contributed by atoms with Crippen molar-refractivity contribution in [3.05, 3.63) is 60.4 Å². The van der Waals surface area contributed by atoms with Gasteiger partial charge in [0.05, 0.1) is 6.54 Å². The molecule has 0 aliphatic heterocycles. The summed E-state index contributed by atoms with van der Waals surface area (Å²) in [6, 6.07) is 12.7. The number of hydrogen-bond acceptors (Lipinski definition) is 4. The lowest BCUT2D eigenvalue weighted by Crippen LogP contribution is -2.25. The first kappa shape index (κ1) is 17.5. The smallest absolute Gasteiger partial charge is 0.318 e. The number of rotatable bonds is 8. The van der Waals surface area contributed by atoms with Gasteiger partial charge in [-0.05, 0) is 42.3 Å². The Morgan fingerprint density at radius 2 is 1.81 bits per heavy atom. The first-order chi connectivity index (χ1) is 12.5. The molecule has 0 spiro atoms. The highest BCUT2D eigenvalue weighted by Crippen LogP contribution is 2.17. The van der Waals surface area contributed by atoms with Gasteiger partial charge in [0.15, 0.2) is 5.92 Å². The van der Waals surface area contributed by atoms with Gasteiger partial charge < -0.3 is 19.5 Å². The van der Waals surface area contributed by atoms with Gasteiger partial charge in [-0.3, -0.25) is 9.59 Å². The van der Waals surface area contributed by atoms with E-state index in [2.05, 4.69) is 4.98 Å². The minimum Gasteiger partial charge on any atom is -0.492 e. The normalized spacial score (nSPS) is 11.0. The summed E-state index contributed by atoms with van der Waals surface area (Å²) in [5.41, 5.74) is 1.53. The molecule has 3 rings (SSSR count). The Morgan fingerprint density at radius 1 is 1.08 bits per heavy atom. The van der Waals surface area contributed by atoms with E-state index in [0.29, 0.717) is 24.5 Å². The minimum absolute atomic E-state index is 0.0635. The van der Waals surface area contributed by atoms with E-state index in [1.54, 1.807) is 30.5 Å². The van der Waals surface area contributed by atoms with Gasteiger partial charge in [0.1, 0.15) is 18.0 Å². The molecule has 2 N–H and O–H groups in total. The third-order valence-corrected chi connectivity index (χ3v) is 4.08. The van der Waals surface area contributed by atoms with E-state index in [1.165, 1.54) is 0 Å². The fraction of sp³-hybridized carbons (Fsp3) is 0.211. The quantitative estimate of drug-likeness (QED) is 0.603. The lowest BCUT2D eigenvalue weighted by atomic mass is 10.00. The molecule has 0 unspecified atom stereocenters. The lowest BCUT2D eigenvalue weighted by Gasteiger charge is -2.10. The summed E-state index contributed by atoms with van der Waals surface area (Å²) in [7, 11) is 0. The van der Waals surface area contributed by atoms with Crippen molar-refractivity contribution in [3.63, 3.8) is 0 Å². The summed E-state index contributed by atoms with van der Waals surface area (Å²) in [6.45, 7) is 1.09. The van der Waals surface area contributed by atoms with Gasteiger partial charge in [0.25, 0.3) is 0 Å². The molecule has 0 bridgehead atoms. The minimum atomic E-state index is -1.45. The van der Waals surface area contributed by atoms with Crippen LogP contribution in [0.15, 0.2) is 54.9 Å². The summed E-state index contributed by atoms with van der Waals surface area (Å²) >= 11 is 0. The number of carbonyl (C=O) groups is 2. The van der Waals surface area contributed by atoms with Gasteiger partial charge in [0.2, 0.25) is 0 Å². The summed E-state index contributed by atoms with van der Waals surface area (Å²) in [6.07, 6.45) is 3.65. The first-order valence-electron chi connectivity index (χ1n) is 8.12. The Balaban J connectivity index is 1.56. The van der Waals surface area contributed by atoms with Crippen molar-refractivity contribution in [1.82, 2.24) is 9.55 Å². The van der Waals surface area contributed by atoms with Crippen molar-refractivity contribution < 1.29 is 24.5 Å². The van der Waals surface area contributed by atoms with Crippen LogP contribution in [0.2, 0.25) is 0 Å². The molecule has 3 aromatic rings. The average molecular weight is 354 g/mol. The van der Waals surface area contributed by atoms with E-state index >= 15 is 0 Å². The predicted octanol–water partition coefficient (Wildman–Crippen LogP) is 2.44. The van der Waals surface area contributed by atoms with Crippen molar-refractivity contribution >= 4 is 23.0 Å². The highest BCUT2D eigenvalue weighted by atomic mass is 16.5. The molecule has 2 aromatic heterocycles. The van der Waals surface area contributed by atoms with Crippen LogP contribution in [0, 0.1) is 5.92 Å². The van der Waals surface area contributed by atoms with E-state index in [9.17, 15) is 9.59 Å². The van der Waals surface area contributed by atoms with E-state index in [1.807, 2.05) is 29.0 Å². The number of hydrogen-bond donors (Lipinski definition) is 2. The standard InChI is InChI=1S/C19H18N2O5/c22-18(23)16(19(24)25)12-13-3-5-15(6-4-13)26-11-10-21-9-7-14-2-1-8-20-17(14)21/h1-9,16H,10-12H2,(H,22,23)(H,24,25). The molecule has 1 aromatic carbocycles. The fourth-order valence-corrected chi connectivity index (χ4v) is 2.70. The molecule has 0 saturated carbocycles. The van der Waals surface area contributed by atoms with E-state index in [4.69, 9.17) is 14.9 Å². The van der Waals surface area contributed by atoms with Gasteiger partial charge in [0, 0.05) is 17.8 Å². The Labute approximate surface area is 149 Å². The largest absolute Gasteiger partial charge is 0.492 e. The zero-order valence-corrected chi connectivity index (χ0v) is 13.9. The number of aliphatic carboxylic acids is 2. The average Bonchev–Trinajstić information content (AvgIpc) is 3.04. The molecule has 26 heavy (non-hydrogen) atoms. The Bertz CT molecular complexity index is 903. The zero-order chi connectivity index (χ0) is 18.5. The van der Waals surface area contributed by atoms with E-state index in [0.717, 1.165) is 11.0 Å². The number of carboxylic acid groups (broad SMARTS) is 2. The summed E-state index contributed by atoms with van der Waals surface area (Å²) in [5.74, 6) is -3.49. The van der Waals surface area contributed by atoms with Crippen LogP contribution in [0.1, 0.15) is 5.56 Å². The topological polar surface area (TPSA) is 102 Å². The monoisotopic (exact) mass is 354 g/mol. The van der Waals surface area contributed by atoms with Crippen LogP contribution in [0.25, 0.3) is 11.0 Å². The van der Waals surface area contributed by atoms with Gasteiger partial charge in [-0.1, -0.05) is 12.1 Å². The molecule has 7 heteroatoms. The highest BCUT2D eigenvalue weighted by molar-refractivity contribution is 5.93. The lowest BCUT2D eigenvalue weighted by molar-refractivity contribution is -0.154. The molecule has 7 nitrogen and oxygen atoms in total. The molecule has 0 atom stereocenters. The second-order valence-corrected chi connectivity index (χ2v) is 5.85. The van der Waals surface area contributed by atoms with Crippen molar-refractivity contribution in [3.8, 4) is 5.75 Å². The Hall–Kier alpha value is -3.35. The molecule has 0 fully saturated rings. The number of fused-ring (bicyclic) bond motifs is 1. The number of ether oxygens (including phenoxy) is 1. The molecular formula is C19H18N2O5. The van der Waals surface area contributed by atoms with Gasteiger partial charge >= 0.3 is 11.9 Å². The molecule has 0 radical (unpaired) electrons. The maximum Gasteiger partial charge on any atom is 0.318 e. The number of aromatic nitrogens is 2. The molecule has 134 valence electrons. The third kappa shape index (κ3) is 4.00. The van der Waals surface area contributed by atoms with E-state index in [-0.39, 0.29) is 6.42 Å². The van der Waals surface area contributed by atoms with Gasteiger partial charge in [-0.25, -0.2) is 4.98 Å². The maximum absolute atomic E-state index is 10.9. The number of nitrogens with zero attached hydrogens (tertiary/aromatic N) is 2. The second-order valence-electron chi connectivity index (χ2n) is 5.85. The number of pyridine rings is 1. The Kier molecular flexibility index (Phi) is 5.17. The Morgan fingerprint density at radius 3 is 2.50 bits per heavy atom. The van der Waals surface area contributed by atoms with Crippen LogP contribution in [-0.2, 0) is 22.6 Å². The molecule has 0 aliphatic carbocycles. The fourth-order valence-electron chi connectivity index (χ4n) is 2.70. The molecule has 0 amide bonds. The van der Waals surface area contributed by atoms with Crippen molar-refractivity contribution in [1.29, 1.82) is 0 Å². The van der Waals surface area contributed by atoms with Crippen LogP contribution in [0.3, 0.4) is 0 Å². The van der Waals surface area contributed by atoms with Gasteiger partial charge in [-0.15, -0.1) is 0 Å². The van der Waals surface area contributed by atoms with Crippen LogP contribution in [-0.4, -0.2) is 38.3 Å². The second kappa shape index (κ2) is 7.69. The highest BCUT2D eigenvalue weighted by Gasteiger charge is 2.25. The van der Waals surface area contributed by atoms with E-state index < -0.39 is 17.9 Å². The maximum atomic E-state index is 10.9. The molecule has 0 aliphatic rings. The van der Waals surface area contributed by atoms with Gasteiger partial charge in [-0.2, -0.15) is 0 Å². The number of carboxylic acids is 2. The summed E-state index contributed by atoms with van der Waals surface area (Å²) in [4.78, 5) is 26.2. The predicted molar refractivity (Wildman–Crippen MR) is 94.1 cm³/mol. The zero-order valence-electron chi connectivity index (χ0n) is 13.9. The molecular weight excluding hydrogens is 336 g/mol. The van der Waals surface area contributed by atoms with Crippen LogP contribution in [0.5, 0.6) is 5.75 Å². The third-order valence-electron chi connectivity index (χ3n) is 4.08.